The summed E-state index contributed by atoms with van der Waals surface area (Å²) >= 11 is 0. The van der Waals surface area contributed by atoms with Gasteiger partial charge in [-0.15, -0.1) is 0 Å². The summed E-state index contributed by atoms with van der Waals surface area (Å²) in [5.74, 6) is 1.30. The molecule has 9 N–H and O–H groups in total. The van der Waals surface area contributed by atoms with E-state index in [-0.39, 0.29) is 30.0 Å². The van der Waals surface area contributed by atoms with E-state index in [9.17, 15) is 46.0 Å². The molecular formula is C44H68O17. The Morgan fingerprint density at radius 3 is 2.26 bits per heavy atom. The van der Waals surface area contributed by atoms with E-state index >= 15 is 0 Å². The summed E-state index contributed by atoms with van der Waals surface area (Å²) in [4.78, 5) is 0. The summed E-state index contributed by atoms with van der Waals surface area (Å²) in [6.45, 7) is 12.2. The van der Waals surface area contributed by atoms with Gasteiger partial charge in [0.2, 0.25) is 0 Å². The first-order valence-corrected chi connectivity index (χ1v) is 22.5. The maximum absolute atomic E-state index is 12.2. The van der Waals surface area contributed by atoms with Crippen molar-refractivity contribution in [3.05, 3.63) is 23.8 Å². The minimum absolute atomic E-state index is 0.107. The van der Waals surface area contributed by atoms with E-state index in [1.165, 1.54) is 6.92 Å². The molecule has 0 aromatic heterocycles. The highest BCUT2D eigenvalue weighted by molar-refractivity contribution is 5.28. The van der Waals surface area contributed by atoms with E-state index < -0.39 is 116 Å². The highest BCUT2D eigenvalue weighted by Crippen LogP contribution is 2.70. The van der Waals surface area contributed by atoms with Gasteiger partial charge >= 0.3 is 0 Å². The van der Waals surface area contributed by atoms with Gasteiger partial charge in [-0.3, -0.25) is 0 Å². The predicted molar refractivity (Wildman–Crippen MR) is 210 cm³/mol. The number of hydrogen-bond donors (Lipinski definition) is 9. The van der Waals surface area contributed by atoms with Crippen LogP contribution in [0.5, 0.6) is 0 Å². The number of fused-ring (bicyclic) bond motifs is 7. The van der Waals surface area contributed by atoms with Gasteiger partial charge in [0.1, 0.15) is 61.0 Å². The molecule has 5 heterocycles. The Bertz CT molecular complexity index is 1640. The van der Waals surface area contributed by atoms with Crippen molar-refractivity contribution in [3.63, 3.8) is 0 Å². The van der Waals surface area contributed by atoms with Crippen LogP contribution in [-0.2, 0) is 37.9 Å². The topological polar surface area (TPSA) is 256 Å². The van der Waals surface area contributed by atoms with E-state index in [2.05, 4.69) is 33.4 Å². The van der Waals surface area contributed by atoms with Crippen molar-refractivity contribution < 1.29 is 83.9 Å². The Kier molecular flexibility index (Phi) is 12.2. The lowest BCUT2D eigenvalue weighted by Gasteiger charge is -2.60. The minimum atomic E-state index is -1.81. The van der Waals surface area contributed by atoms with Crippen molar-refractivity contribution in [3.8, 4) is 0 Å². The highest BCUT2D eigenvalue weighted by atomic mass is 16.8. The summed E-state index contributed by atoms with van der Waals surface area (Å²) in [5, 5.41) is 97.2. The fourth-order valence-electron chi connectivity index (χ4n) is 13.6. The monoisotopic (exact) mass is 868 g/mol. The van der Waals surface area contributed by atoms with Crippen LogP contribution in [0.1, 0.15) is 79.1 Å². The minimum Gasteiger partial charge on any atom is -0.394 e. The lowest BCUT2D eigenvalue weighted by atomic mass is 9.46. The molecule has 0 unspecified atom stereocenters. The van der Waals surface area contributed by atoms with Crippen LogP contribution in [0, 0.1) is 40.4 Å². The molecule has 5 aliphatic heterocycles. The molecule has 0 radical (unpaired) electrons. The Hall–Kier alpha value is -1.20. The number of aliphatic hydroxyl groups excluding tert-OH is 9. The summed E-state index contributed by atoms with van der Waals surface area (Å²) in [6.07, 6.45) is -13.5. The van der Waals surface area contributed by atoms with Crippen molar-refractivity contribution in [2.75, 3.05) is 19.8 Å². The first-order valence-electron chi connectivity index (χ1n) is 22.5. The molecule has 25 atom stereocenters. The van der Waals surface area contributed by atoms with Crippen LogP contribution in [0.25, 0.3) is 0 Å². The van der Waals surface area contributed by atoms with Crippen LogP contribution in [0.3, 0.4) is 0 Å². The number of aliphatic hydroxyl groups is 9. The molecule has 61 heavy (non-hydrogen) atoms. The van der Waals surface area contributed by atoms with Crippen LogP contribution in [0.4, 0.5) is 0 Å². The molecular weight excluding hydrogens is 800 g/mol. The van der Waals surface area contributed by atoms with Crippen LogP contribution < -0.4 is 0 Å². The average molecular weight is 869 g/mol. The molecule has 0 aromatic carbocycles. The van der Waals surface area contributed by atoms with Crippen LogP contribution in [0.15, 0.2) is 23.8 Å². The van der Waals surface area contributed by atoms with E-state index in [1.807, 2.05) is 0 Å². The van der Waals surface area contributed by atoms with Gasteiger partial charge in [-0.25, -0.2) is 0 Å². The lowest BCUT2D eigenvalue weighted by molar-refractivity contribution is -0.380. The van der Waals surface area contributed by atoms with Crippen LogP contribution in [-0.4, -0.2) is 176 Å². The van der Waals surface area contributed by atoms with Crippen molar-refractivity contribution in [1.29, 1.82) is 0 Å². The molecule has 3 saturated carbocycles. The third-order valence-electron chi connectivity index (χ3n) is 17.1. The van der Waals surface area contributed by atoms with Gasteiger partial charge in [-0.2, -0.15) is 0 Å². The SMILES string of the molecule is C=C1CC[C@@]2(OC1)O[C@H]1C[C@@H]3[C@@H]4CC=C5C[C@H](O[C@H]6OC[C@@H](O)[C@H](O)[C@@H]6O[C@@H]6O[C@@H](C)[C@H](O)[C@@H](O[C@@H]7O[C@H](CO)[C@@H](O)[C@H](O)[C@H]7O)[C@H]6O)C[C@@H](O)[C@]5(C)[C@H]4CC[C@]3(C)[C@H]1[C@@H]2C. The van der Waals surface area contributed by atoms with Crippen LogP contribution >= 0.6 is 0 Å². The molecule has 1 spiro atoms. The average Bonchev–Trinajstić information content (AvgIpc) is 3.68. The fourth-order valence-corrected chi connectivity index (χ4v) is 13.6. The first kappa shape index (κ1) is 45.0. The number of allylic oxidation sites excluding steroid dienone is 1. The third-order valence-corrected chi connectivity index (χ3v) is 17.1. The zero-order chi connectivity index (χ0) is 43.5. The standard InChI is InChI=1S/C44H68O17/c1-18-8-11-44(55-16-18)19(2)30-27(61-44)14-25-23-7-6-21-12-22(13-29(47)43(21,5)24(23)9-10-42(25,30)4)57-41-38(32(49)26(46)17-54-41)60-40-36(53)37(31(48)20(3)56-40)59-39-35(52)34(51)33(50)28(15-45)58-39/h6,19-20,22-41,45-53H,1,7-17H2,2-5H3/t19-,20-,22-,23+,24-,25+,26+,27-,28+,29+,30-,31-,32-,33+,34-,35+,36+,37+,38-,39-,40-,41+,42-,43-,44+/m0/s1. The zero-order valence-electron chi connectivity index (χ0n) is 35.6. The Labute approximate surface area is 356 Å². The van der Waals surface area contributed by atoms with Crippen molar-refractivity contribution in [2.45, 2.75) is 189 Å². The molecule has 0 aromatic rings. The molecule has 8 fully saturated rings. The summed E-state index contributed by atoms with van der Waals surface area (Å²) < 4.78 is 48.9. The van der Waals surface area contributed by atoms with E-state index in [1.54, 1.807) is 0 Å². The molecule has 9 rings (SSSR count). The molecule has 5 saturated heterocycles. The van der Waals surface area contributed by atoms with Gasteiger partial charge in [0.15, 0.2) is 24.7 Å². The maximum atomic E-state index is 12.2. The fraction of sp³-hybridized carbons (Fsp3) is 0.909. The van der Waals surface area contributed by atoms with E-state index in [0.717, 1.165) is 49.7 Å². The quantitative estimate of drug-likeness (QED) is 0.150. The molecule has 17 nitrogen and oxygen atoms in total. The van der Waals surface area contributed by atoms with E-state index in [0.29, 0.717) is 37.2 Å². The molecule has 17 heteroatoms. The number of ether oxygens (including phenoxy) is 8. The third kappa shape index (κ3) is 7.25. The summed E-state index contributed by atoms with van der Waals surface area (Å²) in [7, 11) is 0. The van der Waals surface area contributed by atoms with Gasteiger partial charge in [0.05, 0.1) is 44.2 Å². The summed E-state index contributed by atoms with van der Waals surface area (Å²) in [6, 6.07) is 0. The lowest BCUT2D eigenvalue weighted by Crippen LogP contribution is -2.65. The molecule has 0 amide bonds. The van der Waals surface area contributed by atoms with Crippen LogP contribution in [0.2, 0.25) is 0 Å². The van der Waals surface area contributed by atoms with Gasteiger partial charge in [-0.05, 0) is 74.5 Å². The second kappa shape index (κ2) is 16.6. The van der Waals surface area contributed by atoms with E-state index in [4.69, 9.17) is 37.9 Å². The van der Waals surface area contributed by atoms with Gasteiger partial charge < -0.3 is 83.9 Å². The van der Waals surface area contributed by atoms with Crippen molar-refractivity contribution in [1.82, 2.24) is 0 Å². The Morgan fingerprint density at radius 1 is 0.803 bits per heavy atom. The smallest absolute Gasteiger partial charge is 0.187 e. The maximum Gasteiger partial charge on any atom is 0.187 e. The second-order valence-corrected chi connectivity index (χ2v) is 20.3. The van der Waals surface area contributed by atoms with Gasteiger partial charge in [-0.1, -0.05) is 44.6 Å². The first-order chi connectivity index (χ1) is 28.9. The Morgan fingerprint density at radius 2 is 1.54 bits per heavy atom. The largest absolute Gasteiger partial charge is 0.394 e. The molecule has 9 aliphatic rings. The number of hydrogen-bond acceptors (Lipinski definition) is 17. The highest BCUT2D eigenvalue weighted by Gasteiger charge is 2.69. The van der Waals surface area contributed by atoms with Crippen molar-refractivity contribution in [2.24, 2.45) is 40.4 Å². The number of rotatable bonds is 7. The second-order valence-electron chi connectivity index (χ2n) is 20.3. The predicted octanol–water partition coefficient (Wildman–Crippen LogP) is -0.256. The summed E-state index contributed by atoms with van der Waals surface area (Å²) in [5.41, 5.74) is 1.90. The van der Waals surface area contributed by atoms with Gasteiger partial charge in [0, 0.05) is 24.2 Å². The molecule has 0 bridgehead atoms. The normalized spacial score (nSPS) is 57.2. The van der Waals surface area contributed by atoms with Gasteiger partial charge in [0.25, 0.3) is 0 Å². The molecule has 346 valence electrons. The zero-order valence-corrected chi connectivity index (χ0v) is 35.6. The van der Waals surface area contributed by atoms with Crippen molar-refractivity contribution >= 4 is 0 Å². The Balaban J connectivity index is 0.877. The molecule has 4 aliphatic carbocycles.